The molecule has 0 fully saturated rings. The maximum absolute atomic E-state index is 13.0. The summed E-state index contributed by atoms with van der Waals surface area (Å²) in [4.78, 5) is 0. The van der Waals surface area contributed by atoms with E-state index >= 15 is 0 Å². The van der Waals surface area contributed by atoms with Crippen LogP contribution in [0.25, 0.3) is 12.2 Å². The van der Waals surface area contributed by atoms with E-state index in [1.807, 2.05) is 25.1 Å². The maximum Gasteiger partial charge on any atom is 0.240 e. The fraction of sp³-hybridized carbons (Fsp3) is 0.111. The molecule has 6 heteroatoms. The van der Waals surface area contributed by atoms with Gasteiger partial charge in [-0.25, -0.2) is 4.39 Å². The lowest BCUT2D eigenvalue weighted by atomic mass is 10.1. The van der Waals surface area contributed by atoms with E-state index in [2.05, 4.69) is 10.2 Å². The van der Waals surface area contributed by atoms with Crippen LogP contribution in [0.1, 0.15) is 28.5 Å². The van der Waals surface area contributed by atoms with Crippen LogP contribution in [0, 0.1) is 12.7 Å². The number of aryl methyl sites for hydroxylation is 1. The van der Waals surface area contributed by atoms with E-state index in [1.165, 1.54) is 12.1 Å². The molecule has 2 aromatic carbocycles. The number of rotatable bonds is 4. The molecular formula is C18H13Cl2FN2O. The van der Waals surface area contributed by atoms with E-state index in [4.69, 9.17) is 27.6 Å². The molecule has 0 unspecified atom stereocenters. The van der Waals surface area contributed by atoms with Gasteiger partial charge in [-0.15, -0.1) is 10.2 Å². The summed E-state index contributed by atoms with van der Waals surface area (Å²) in [6, 6.07) is 9.98. The Morgan fingerprint density at radius 1 is 1.04 bits per heavy atom. The molecule has 3 rings (SSSR count). The molecule has 0 amide bonds. The van der Waals surface area contributed by atoms with Crippen molar-refractivity contribution in [2.24, 2.45) is 0 Å². The normalized spacial score (nSPS) is 11.3. The molecule has 3 aromatic rings. The zero-order chi connectivity index (χ0) is 17.1. The van der Waals surface area contributed by atoms with Gasteiger partial charge in [0.25, 0.3) is 0 Å². The molecule has 0 spiro atoms. The first-order valence-electron chi connectivity index (χ1n) is 7.22. The maximum atomic E-state index is 13.0. The van der Waals surface area contributed by atoms with Gasteiger partial charge in [0.1, 0.15) is 5.82 Å². The number of hydrogen-bond donors (Lipinski definition) is 0. The van der Waals surface area contributed by atoms with Crippen molar-refractivity contribution in [3.63, 3.8) is 0 Å². The topological polar surface area (TPSA) is 38.9 Å². The molecule has 0 saturated carbocycles. The van der Waals surface area contributed by atoms with Crippen LogP contribution in [0.3, 0.4) is 0 Å². The third kappa shape index (κ3) is 4.02. The van der Waals surface area contributed by atoms with Crippen LogP contribution in [0.4, 0.5) is 4.39 Å². The summed E-state index contributed by atoms with van der Waals surface area (Å²) in [5.74, 6) is 0.456. The number of hydrogen-bond acceptors (Lipinski definition) is 3. The Balaban J connectivity index is 1.73. The Bertz CT molecular complexity index is 906. The van der Waals surface area contributed by atoms with Gasteiger partial charge in [-0.05, 0) is 47.9 Å². The Hall–Kier alpha value is -2.17. The van der Waals surface area contributed by atoms with Crippen molar-refractivity contribution in [3.8, 4) is 0 Å². The second-order valence-electron chi connectivity index (χ2n) is 5.29. The van der Waals surface area contributed by atoms with Gasteiger partial charge in [0.2, 0.25) is 11.8 Å². The molecule has 0 aliphatic rings. The van der Waals surface area contributed by atoms with Gasteiger partial charge >= 0.3 is 0 Å². The Morgan fingerprint density at radius 2 is 1.88 bits per heavy atom. The second-order valence-corrected chi connectivity index (χ2v) is 6.11. The predicted octanol–water partition coefficient (Wildman–Crippen LogP) is 5.59. The summed E-state index contributed by atoms with van der Waals surface area (Å²) in [7, 11) is 0. The molecular weight excluding hydrogens is 350 g/mol. The number of benzene rings is 2. The summed E-state index contributed by atoms with van der Waals surface area (Å²) in [5, 5.41) is 9.00. The fourth-order valence-corrected chi connectivity index (χ4v) is 2.56. The van der Waals surface area contributed by atoms with Gasteiger partial charge in [0.05, 0.1) is 11.4 Å². The number of halogens is 3. The highest BCUT2D eigenvalue weighted by molar-refractivity contribution is 6.32. The van der Waals surface area contributed by atoms with Gasteiger partial charge in [0, 0.05) is 11.1 Å². The molecule has 122 valence electrons. The molecule has 24 heavy (non-hydrogen) atoms. The van der Waals surface area contributed by atoms with Gasteiger partial charge in [-0.3, -0.25) is 0 Å². The van der Waals surface area contributed by atoms with Crippen LogP contribution in [0.2, 0.25) is 10.0 Å². The Kier molecular flexibility index (Phi) is 4.97. The summed E-state index contributed by atoms with van der Waals surface area (Å²) in [5.41, 5.74) is 2.68. The van der Waals surface area contributed by atoms with Crippen LogP contribution in [-0.2, 0) is 6.42 Å². The molecule has 1 aromatic heterocycles. The zero-order valence-corrected chi connectivity index (χ0v) is 14.3. The molecule has 3 nitrogen and oxygen atoms in total. The lowest BCUT2D eigenvalue weighted by Gasteiger charge is -2.00. The summed E-state index contributed by atoms with van der Waals surface area (Å²) in [6.45, 7) is 1.95. The third-order valence-corrected chi connectivity index (χ3v) is 4.18. The van der Waals surface area contributed by atoms with Gasteiger partial charge in [-0.1, -0.05) is 41.4 Å². The molecule has 0 saturated heterocycles. The van der Waals surface area contributed by atoms with E-state index < -0.39 is 0 Å². The molecule has 0 atom stereocenters. The average molecular weight is 363 g/mol. The molecule has 0 aliphatic heterocycles. The van der Waals surface area contributed by atoms with E-state index in [-0.39, 0.29) is 5.82 Å². The summed E-state index contributed by atoms with van der Waals surface area (Å²) >= 11 is 12.1. The molecule has 0 radical (unpaired) electrons. The molecule has 0 aliphatic carbocycles. The largest absolute Gasteiger partial charge is 0.421 e. The fourth-order valence-electron chi connectivity index (χ4n) is 2.12. The van der Waals surface area contributed by atoms with E-state index in [1.54, 1.807) is 18.2 Å². The van der Waals surface area contributed by atoms with E-state index in [0.29, 0.717) is 33.8 Å². The molecule has 0 bridgehead atoms. The quantitative estimate of drug-likeness (QED) is 0.607. The number of aromatic nitrogens is 2. The number of nitrogens with zero attached hydrogens (tertiary/aromatic N) is 2. The van der Waals surface area contributed by atoms with Crippen molar-refractivity contribution in [2.75, 3.05) is 0 Å². The van der Waals surface area contributed by atoms with Crippen LogP contribution in [0.15, 0.2) is 40.8 Å². The van der Waals surface area contributed by atoms with Crippen LogP contribution >= 0.6 is 23.2 Å². The average Bonchev–Trinajstić information content (AvgIpc) is 2.98. The standard InChI is InChI=1S/C18H13Cl2FN2O/c1-11-2-3-12(8-15(11)19)9-18-23-22-17(24-18)7-5-13-4-6-14(21)10-16(13)20/h2-8,10H,9H2,1H3. The van der Waals surface area contributed by atoms with Crippen molar-refractivity contribution in [1.29, 1.82) is 0 Å². The Morgan fingerprint density at radius 3 is 2.62 bits per heavy atom. The summed E-state index contributed by atoms with van der Waals surface area (Å²) < 4.78 is 18.6. The third-order valence-electron chi connectivity index (χ3n) is 3.44. The highest BCUT2D eigenvalue weighted by Gasteiger charge is 2.07. The van der Waals surface area contributed by atoms with Gasteiger partial charge in [-0.2, -0.15) is 0 Å². The van der Waals surface area contributed by atoms with Crippen LogP contribution < -0.4 is 0 Å². The first-order valence-corrected chi connectivity index (χ1v) is 7.97. The van der Waals surface area contributed by atoms with Crippen molar-refractivity contribution in [1.82, 2.24) is 10.2 Å². The highest BCUT2D eigenvalue weighted by Crippen LogP contribution is 2.21. The molecule has 1 heterocycles. The summed E-state index contributed by atoms with van der Waals surface area (Å²) in [6.07, 6.45) is 3.83. The molecule has 0 N–H and O–H groups in total. The van der Waals surface area contributed by atoms with E-state index in [0.717, 1.165) is 11.1 Å². The van der Waals surface area contributed by atoms with Crippen molar-refractivity contribution < 1.29 is 8.81 Å². The van der Waals surface area contributed by atoms with Crippen LogP contribution in [-0.4, -0.2) is 10.2 Å². The van der Waals surface area contributed by atoms with Crippen molar-refractivity contribution in [3.05, 3.63) is 80.7 Å². The van der Waals surface area contributed by atoms with Crippen molar-refractivity contribution in [2.45, 2.75) is 13.3 Å². The predicted molar refractivity (Wildman–Crippen MR) is 93.6 cm³/mol. The monoisotopic (exact) mass is 362 g/mol. The Labute approximate surface area is 148 Å². The smallest absolute Gasteiger partial charge is 0.240 e. The SMILES string of the molecule is Cc1ccc(Cc2nnc(C=Cc3ccc(F)cc3Cl)o2)cc1Cl. The highest BCUT2D eigenvalue weighted by atomic mass is 35.5. The van der Waals surface area contributed by atoms with E-state index in [9.17, 15) is 4.39 Å². The van der Waals surface area contributed by atoms with Gasteiger partial charge < -0.3 is 4.42 Å². The minimum Gasteiger partial charge on any atom is -0.421 e. The van der Waals surface area contributed by atoms with Crippen molar-refractivity contribution >= 4 is 35.4 Å². The van der Waals surface area contributed by atoms with Crippen LogP contribution in [0.5, 0.6) is 0 Å². The lowest BCUT2D eigenvalue weighted by Crippen LogP contribution is -1.89. The minimum absolute atomic E-state index is 0.320. The lowest BCUT2D eigenvalue weighted by molar-refractivity contribution is 0.496. The van der Waals surface area contributed by atoms with Gasteiger partial charge in [0.15, 0.2) is 0 Å². The first kappa shape index (κ1) is 16.7. The minimum atomic E-state index is -0.381. The first-order chi connectivity index (χ1) is 11.5. The zero-order valence-electron chi connectivity index (χ0n) is 12.8. The second kappa shape index (κ2) is 7.16.